The molecule has 1 aromatic heterocycles. The van der Waals surface area contributed by atoms with E-state index in [2.05, 4.69) is 32.8 Å². The molecule has 3 rings (SSSR count). The Labute approximate surface area is 146 Å². The van der Waals surface area contributed by atoms with Crippen molar-refractivity contribution in [1.82, 2.24) is 9.78 Å². The summed E-state index contributed by atoms with van der Waals surface area (Å²) in [7, 11) is 0. The maximum atomic E-state index is 13.6. The Morgan fingerprint density at radius 1 is 1.28 bits per heavy atom. The van der Waals surface area contributed by atoms with E-state index in [1.165, 1.54) is 6.20 Å². The van der Waals surface area contributed by atoms with Crippen LogP contribution in [0.1, 0.15) is 58.6 Å². The number of ether oxygens (including phenoxy) is 1. The Morgan fingerprint density at radius 2 is 1.96 bits per heavy atom. The first-order chi connectivity index (χ1) is 11.6. The van der Waals surface area contributed by atoms with Gasteiger partial charge in [0.2, 0.25) is 0 Å². The molecule has 0 radical (unpaired) electrons. The Balaban J connectivity index is 1.97. The average Bonchev–Trinajstić information content (AvgIpc) is 2.85. The number of fused-ring (bicyclic) bond motifs is 1. The van der Waals surface area contributed by atoms with Gasteiger partial charge in [0.25, 0.3) is 0 Å². The molecule has 0 unspecified atom stereocenters. The molecule has 1 fully saturated rings. The van der Waals surface area contributed by atoms with Crippen LogP contribution < -0.4 is 4.74 Å². The summed E-state index contributed by atoms with van der Waals surface area (Å²) in [5, 5.41) is 4.75. The maximum Gasteiger partial charge on any atom is 0.418 e. The van der Waals surface area contributed by atoms with Gasteiger partial charge in [-0.25, -0.2) is 0 Å². The molecule has 0 bridgehead atoms. The Bertz CT molecular complexity index is 754. The number of benzene rings is 1. The molecule has 0 amide bonds. The molecular formula is C19H25F3N2O. The standard InChI is InChI=1S/C19H25F3N2O/c1-12(2)5-6-25-15-7-13-11-23-24(14-9-18(3,4)10-14)17(13)16(8-15)19(20,21)22/h7-8,11-12,14H,5-6,9-10H2,1-4H3. The van der Waals surface area contributed by atoms with Gasteiger partial charge >= 0.3 is 6.18 Å². The zero-order valence-electron chi connectivity index (χ0n) is 15.2. The second-order valence-electron chi connectivity index (χ2n) is 8.25. The number of hydrogen-bond acceptors (Lipinski definition) is 2. The number of aromatic nitrogens is 2. The van der Waals surface area contributed by atoms with Crippen LogP contribution in [0.5, 0.6) is 5.75 Å². The third kappa shape index (κ3) is 3.77. The zero-order valence-corrected chi connectivity index (χ0v) is 15.2. The number of halogens is 3. The lowest BCUT2D eigenvalue weighted by molar-refractivity contribution is -0.136. The maximum absolute atomic E-state index is 13.6. The minimum absolute atomic E-state index is 0.0290. The van der Waals surface area contributed by atoms with Gasteiger partial charge < -0.3 is 4.74 Å². The van der Waals surface area contributed by atoms with E-state index in [1.54, 1.807) is 10.7 Å². The van der Waals surface area contributed by atoms with E-state index < -0.39 is 11.7 Å². The van der Waals surface area contributed by atoms with Gasteiger partial charge in [0.1, 0.15) is 5.75 Å². The zero-order chi connectivity index (χ0) is 18.4. The molecule has 0 N–H and O–H groups in total. The molecule has 0 spiro atoms. The summed E-state index contributed by atoms with van der Waals surface area (Å²) < 4.78 is 48.1. The monoisotopic (exact) mass is 354 g/mol. The van der Waals surface area contributed by atoms with Crippen molar-refractivity contribution in [3.63, 3.8) is 0 Å². The van der Waals surface area contributed by atoms with E-state index in [0.717, 1.165) is 25.3 Å². The van der Waals surface area contributed by atoms with Crippen molar-refractivity contribution in [2.75, 3.05) is 6.61 Å². The minimum atomic E-state index is -4.44. The topological polar surface area (TPSA) is 27.1 Å². The lowest BCUT2D eigenvalue weighted by Crippen LogP contribution is -2.34. The minimum Gasteiger partial charge on any atom is -0.494 e. The summed E-state index contributed by atoms with van der Waals surface area (Å²) in [6.07, 6.45) is -0.435. The molecule has 0 aliphatic heterocycles. The predicted octanol–water partition coefficient (Wildman–Crippen LogP) is 5.84. The molecular weight excluding hydrogens is 329 g/mol. The van der Waals surface area contributed by atoms with Crippen LogP contribution in [0.25, 0.3) is 10.9 Å². The first kappa shape index (κ1) is 18.1. The molecule has 138 valence electrons. The summed E-state index contributed by atoms with van der Waals surface area (Å²) >= 11 is 0. The lowest BCUT2D eigenvalue weighted by atomic mass is 9.68. The quantitative estimate of drug-likeness (QED) is 0.674. The van der Waals surface area contributed by atoms with Crippen LogP contribution >= 0.6 is 0 Å². The molecule has 0 atom stereocenters. The SMILES string of the molecule is CC(C)CCOc1cc(C(F)(F)F)c2c(cnn2C2CC(C)(C)C2)c1. The fourth-order valence-electron chi connectivity index (χ4n) is 3.54. The smallest absolute Gasteiger partial charge is 0.418 e. The van der Waals surface area contributed by atoms with Crippen molar-refractivity contribution in [2.45, 2.75) is 59.2 Å². The van der Waals surface area contributed by atoms with Gasteiger partial charge in [-0.2, -0.15) is 18.3 Å². The van der Waals surface area contributed by atoms with Gasteiger partial charge in [-0.15, -0.1) is 0 Å². The lowest BCUT2D eigenvalue weighted by Gasteiger charge is -2.42. The van der Waals surface area contributed by atoms with Gasteiger partial charge in [0, 0.05) is 5.39 Å². The second-order valence-corrected chi connectivity index (χ2v) is 8.25. The molecule has 1 aliphatic rings. The summed E-state index contributed by atoms with van der Waals surface area (Å²) in [6, 6.07) is 2.81. The predicted molar refractivity (Wildman–Crippen MR) is 91.7 cm³/mol. The van der Waals surface area contributed by atoms with Crippen LogP contribution in [0.15, 0.2) is 18.3 Å². The highest BCUT2D eigenvalue weighted by Crippen LogP contribution is 2.49. The van der Waals surface area contributed by atoms with Gasteiger partial charge in [-0.05, 0) is 42.7 Å². The van der Waals surface area contributed by atoms with Crippen LogP contribution in [0.4, 0.5) is 13.2 Å². The molecule has 1 saturated carbocycles. The Morgan fingerprint density at radius 3 is 2.52 bits per heavy atom. The fraction of sp³-hybridized carbons (Fsp3) is 0.632. The van der Waals surface area contributed by atoms with Crippen LogP contribution in [-0.4, -0.2) is 16.4 Å². The third-order valence-electron chi connectivity index (χ3n) is 4.85. The van der Waals surface area contributed by atoms with E-state index in [9.17, 15) is 13.2 Å². The summed E-state index contributed by atoms with van der Waals surface area (Å²) in [6.45, 7) is 8.77. The van der Waals surface area contributed by atoms with Crippen molar-refractivity contribution >= 4 is 10.9 Å². The van der Waals surface area contributed by atoms with Crippen molar-refractivity contribution in [3.05, 3.63) is 23.9 Å². The van der Waals surface area contributed by atoms with E-state index in [-0.39, 0.29) is 22.7 Å². The molecule has 1 aromatic carbocycles. The molecule has 6 heteroatoms. The number of nitrogens with zero attached hydrogens (tertiary/aromatic N) is 2. The highest BCUT2D eigenvalue weighted by molar-refractivity contribution is 5.84. The van der Waals surface area contributed by atoms with Crippen LogP contribution in [-0.2, 0) is 6.18 Å². The van der Waals surface area contributed by atoms with Crippen molar-refractivity contribution < 1.29 is 17.9 Å². The number of alkyl halides is 3. The summed E-state index contributed by atoms with van der Waals surface area (Å²) in [5.41, 5.74) is -0.322. The Hall–Kier alpha value is -1.72. The van der Waals surface area contributed by atoms with E-state index >= 15 is 0 Å². The summed E-state index contributed by atoms with van der Waals surface area (Å²) in [5.74, 6) is 0.699. The summed E-state index contributed by atoms with van der Waals surface area (Å²) in [4.78, 5) is 0. The van der Waals surface area contributed by atoms with E-state index in [1.807, 2.05) is 0 Å². The van der Waals surface area contributed by atoms with Gasteiger partial charge in [0.05, 0.1) is 29.9 Å². The average molecular weight is 354 g/mol. The van der Waals surface area contributed by atoms with Gasteiger partial charge in [-0.1, -0.05) is 27.7 Å². The normalized spacial score (nSPS) is 17.9. The first-order valence-electron chi connectivity index (χ1n) is 8.78. The van der Waals surface area contributed by atoms with Crippen LogP contribution in [0.2, 0.25) is 0 Å². The van der Waals surface area contributed by atoms with E-state index in [0.29, 0.717) is 17.9 Å². The number of hydrogen-bond donors (Lipinski definition) is 0. The van der Waals surface area contributed by atoms with Gasteiger partial charge in [0.15, 0.2) is 0 Å². The van der Waals surface area contributed by atoms with Crippen molar-refractivity contribution in [1.29, 1.82) is 0 Å². The molecule has 1 heterocycles. The highest BCUT2D eigenvalue weighted by Gasteiger charge is 2.41. The van der Waals surface area contributed by atoms with Crippen molar-refractivity contribution in [3.8, 4) is 5.75 Å². The largest absolute Gasteiger partial charge is 0.494 e. The molecule has 3 nitrogen and oxygen atoms in total. The highest BCUT2D eigenvalue weighted by atomic mass is 19.4. The molecule has 2 aromatic rings. The Kier molecular flexibility index (Phi) is 4.50. The second kappa shape index (κ2) is 6.22. The number of rotatable bonds is 5. The molecule has 0 saturated heterocycles. The third-order valence-corrected chi connectivity index (χ3v) is 4.85. The molecule has 25 heavy (non-hydrogen) atoms. The fourth-order valence-corrected chi connectivity index (χ4v) is 3.54. The van der Waals surface area contributed by atoms with E-state index in [4.69, 9.17) is 4.74 Å². The van der Waals surface area contributed by atoms with Crippen LogP contribution in [0, 0.1) is 11.3 Å². The van der Waals surface area contributed by atoms with Crippen molar-refractivity contribution in [2.24, 2.45) is 11.3 Å². The van der Waals surface area contributed by atoms with Crippen LogP contribution in [0.3, 0.4) is 0 Å². The molecule has 1 aliphatic carbocycles. The first-order valence-corrected chi connectivity index (χ1v) is 8.78. The van der Waals surface area contributed by atoms with Gasteiger partial charge in [-0.3, -0.25) is 4.68 Å².